The van der Waals surface area contributed by atoms with Crippen LogP contribution in [0.15, 0.2) is 24.5 Å². The zero-order valence-corrected chi connectivity index (χ0v) is 7.89. The lowest BCUT2D eigenvalue weighted by atomic mass is 10.2. The van der Waals surface area contributed by atoms with Crippen molar-refractivity contribution in [3.8, 4) is 0 Å². The molecule has 75 valence electrons. The molecule has 1 N–H and O–H groups in total. The lowest BCUT2D eigenvalue weighted by Crippen LogP contribution is -2.17. The van der Waals surface area contributed by atoms with Crippen molar-refractivity contribution >= 4 is 5.91 Å². The Bertz CT molecular complexity index is 275. The van der Waals surface area contributed by atoms with Gasteiger partial charge in [0, 0.05) is 25.5 Å². The van der Waals surface area contributed by atoms with Crippen LogP contribution in [0.2, 0.25) is 0 Å². The fourth-order valence-corrected chi connectivity index (χ4v) is 0.985. The maximum Gasteiger partial charge on any atom is 0.274 e. The number of aliphatic hydroxyl groups is 1. The van der Waals surface area contributed by atoms with Gasteiger partial charge in [-0.05, 0) is 25.0 Å². The van der Waals surface area contributed by atoms with Crippen LogP contribution >= 0.6 is 0 Å². The number of rotatable bonds is 5. The fraction of sp³-hybridized carbons (Fsp3) is 0.400. The van der Waals surface area contributed by atoms with E-state index in [0.29, 0.717) is 18.5 Å². The second kappa shape index (κ2) is 6.10. The fourth-order valence-electron chi connectivity index (χ4n) is 0.985. The number of pyridine rings is 1. The van der Waals surface area contributed by atoms with E-state index in [-0.39, 0.29) is 12.5 Å². The molecule has 1 aromatic rings. The molecule has 1 amide bonds. The van der Waals surface area contributed by atoms with E-state index in [9.17, 15) is 4.79 Å². The average molecular weight is 193 g/mol. The molecule has 0 fully saturated rings. The van der Waals surface area contributed by atoms with Gasteiger partial charge in [-0.2, -0.15) is 0 Å². The Kier molecular flexibility index (Phi) is 4.64. The SMILES string of the molecule is O=C([N]CCCCO)c1cccnc1. The third-order valence-electron chi connectivity index (χ3n) is 1.73. The number of amides is 1. The molecule has 1 rings (SSSR count). The zero-order valence-electron chi connectivity index (χ0n) is 7.89. The second-order valence-electron chi connectivity index (χ2n) is 2.86. The van der Waals surface area contributed by atoms with Gasteiger partial charge in [-0.25, -0.2) is 5.32 Å². The first-order chi connectivity index (χ1) is 6.84. The molecule has 1 radical (unpaired) electrons. The summed E-state index contributed by atoms with van der Waals surface area (Å²) in [5.41, 5.74) is 0.511. The topological polar surface area (TPSA) is 64.3 Å². The molecule has 0 saturated heterocycles. The Labute approximate surface area is 83.0 Å². The first-order valence-electron chi connectivity index (χ1n) is 4.57. The van der Waals surface area contributed by atoms with Crippen molar-refractivity contribution in [2.75, 3.05) is 13.2 Å². The number of hydrogen-bond acceptors (Lipinski definition) is 3. The summed E-state index contributed by atoms with van der Waals surface area (Å²) < 4.78 is 0. The van der Waals surface area contributed by atoms with Crippen LogP contribution in [0.3, 0.4) is 0 Å². The van der Waals surface area contributed by atoms with Crippen LogP contribution in [0, 0.1) is 0 Å². The summed E-state index contributed by atoms with van der Waals surface area (Å²) >= 11 is 0. The van der Waals surface area contributed by atoms with Crippen LogP contribution in [-0.4, -0.2) is 29.1 Å². The molecule has 1 heterocycles. The van der Waals surface area contributed by atoms with Crippen LogP contribution in [-0.2, 0) is 0 Å². The molecular formula is C10H13N2O2. The van der Waals surface area contributed by atoms with Gasteiger partial charge >= 0.3 is 0 Å². The van der Waals surface area contributed by atoms with Gasteiger partial charge in [0.2, 0.25) is 0 Å². The van der Waals surface area contributed by atoms with Gasteiger partial charge in [0.05, 0.1) is 5.56 Å². The number of carbonyl (C=O) groups excluding carboxylic acids is 1. The van der Waals surface area contributed by atoms with E-state index >= 15 is 0 Å². The van der Waals surface area contributed by atoms with Crippen molar-refractivity contribution in [2.45, 2.75) is 12.8 Å². The maximum atomic E-state index is 11.3. The van der Waals surface area contributed by atoms with Gasteiger partial charge < -0.3 is 5.11 Å². The number of unbranched alkanes of at least 4 members (excludes halogenated alkanes) is 1. The van der Waals surface area contributed by atoms with E-state index in [2.05, 4.69) is 10.3 Å². The van der Waals surface area contributed by atoms with E-state index in [0.717, 1.165) is 6.42 Å². The molecule has 0 aliphatic carbocycles. The summed E-state index contributed by atoms with van der Waals surface area (Å²) in [4.78, 5) is 15.2. The van der Waals surface area contributed by atoms with Crippen molar-refractivity contribution in [1.29, 1.82) is 0 Å². The molecular weight excluding hydrogens is 180 g/mol. The third kappa shape index (κ3) is 3.53. The van der Waals surface area contributed by atoms with Crippen LogP contribution in [0.1, 0.15) is 23.2 Å². The Hall–Kier alpha value is -1.42. The molecule has 0 unspecified atom stereocenters. The Morgan fingerprint density at radius 3 is 3.00 bits per heavy atom. The molecule has 4 heteroatoms. The smallest absolute Gasteiger partial charge is 0.274 e. The quantitative estimate of drug-likeness (QED) is 0.696. The summed E-state index contributed by atoms with van der Waals surface area (Å²) in [5.74, 6) is -0.240. The summed E-state index contributed by atoms with van der Waals surface area (Å²) in [6, 6.07) is 3.39. The Balaban J connectivity index is 2.29. The molecule has 0 saturated carbocycles. The minimum absolute atomic E-state index is 0.149. The molecule has 0 bridgehead atoms. The molecule has 0 spiro atoms. The van der Waals surface area contributed by atoms with E-state index in [4.69, 9.17) is 5.11 Å². The van der Waals surface area contributed by atoms with E-state index in [1.165, 1.54) is 6.20 Å². The highest BCUT2D eigenvalue weighted by Crippen LogP contribution is 1.96. The molecule has 0 aliphatic rings. The summed E-state index contributed by atoms with van der Waals surface area (Å²) in [5, 5.41) is 12.4. The standard InChI is InChI=1S/C10H13N2O2/c13-7-2-1-6-12-10(14)9-4-3-5-11-8-9/h3-5,8,13H,1-2,6-7H2. The summed E-state index contributed by atoms with van der Waals surface area (Å²) in [6.45, 7) is 0.616. The summed E-state index contributed by atoms with van der Waals surface area (Å²) in [6.07, 6.45) is 4.53. The first-order valence-corrected chi connectivity index (χ1v) is 4.57. The molecule has 1 aromatic heterocycles. The van der Waals surface area contributed by atoms with Gasteiger partial charge in [0.25, 0.3) is 5.91 Å². The van der Waals surface area contributed by atoms with Gasteiger partial charge in [-0.3, -0.25) is 9.78 Å². The first kappa shape index (κ1) is 10.7. The van der Waals surface area contributed by atoms with Crippen LogP contribution in [0.25, 0.3) is 0 Å². The van der Waals surface area contributed by atoms with Crippen molar-refractivity contribution in [3.63, 3.8) is 0 Å². The van der Waals surface area contributed by atoms with Crippen molar-refractivity contribution < 1.29 is 9.90 Å². The lowest BCUT2D eigenvalue weighted by molar-refractivity contribution is 0.0947. The average Bonchev–Trinajstić information content (AvgIpc) is 2.25. The van der Waals surface area contributed by atoms with Crippen molar-refractivity contribution in [3.05, 3.63) is 30.1 Å². The van der Waals surface area contributed by atoms with E-state index in [1.54, 1.807) is 18.3 Å². The predicted octanol–water partition coefficient (Wildman–Crippen LogP) is 0.599. The van der Waals surface area contributed by atoms with Gasteiger partial charge in [-0.1, -0.05) is 0 Å². The third-order valence-corrected chi connectivity index (χ3v) is 1.73. The van der Waals surface area contributed by atoms with E-state index in [1.807, 2.05) is 0 Å². The van der Waals surface area contributed by atoms with Crippen molar-refractivity contribution in [1.82, 2.24) is 10.3 Å². The Morgan fingerprint density at radius 2 is 2.36 bits per heavy atom. The van der Waals surface area contributed by atoms with Crippen LogP contribution < -0.4 is 5.32 Å². The molecule has 14 heavy (non-hydrogen) atoms. The van der Waals surface area contributed by atoms with Gasteiger partial charge in [-0.15, -0.1) is 0 Å². The molecule has 4 nitrogen and oxygen atoms in total. The Morgan fingerprint density at radius 1 is 1.50 bits per heavy atom. The number of nitrogens with zero attached hydrogens (tertiary/aromatic N) is 2. The molecule has 0 atom stereocenters. The predicted molar refractivity (Wildman–Crippen MR) is 51.9 cm³/mol. The minimum atomic E-state index is -0.240. The molecule has 0 aliphatic heterocycles. The normalized spacial score (nSPS) is 9.79. The lowest BCUT2D eigenvalue weighted by Gasteiger charge is -2.00. The van der Waals surface area contributed by atoms with E-state index < -0.39 is 0 Å². The number of carbonyl (C=O) groups is 1. The van der Waals surface area contributed by atoms with Crippen LogP contribution in [0.5, 0.6) is 0 Å². The van der Waals surface area contributed by atoms with Gasteiger partial charge in [0.15, 0.2) is 0 Å². The highest BCUT2D eigenvalue weighted by atomic mass is 16.2. The largest absolute Gasteiger partial charge is 0.396 e. The summed E-state index contributed by atoms with van der Waals surface area (Å²) in [7, 11) is 0. The second-order valence-corrected chi connectivity index (χ2v) is 2.86. The number of aliphatic hydroxyl groups excluding tert-OH is 1. The highest BCUT2D eigenvalue weighted by molar-refractivity contribution is 5.93. The number of hydrogen-bond donors (Lipinski definition) is 1. The maximum absolute atomic E-state index is 11.3. The van der Waals surface area contributed by atoms with Gasteiger partial charge in [0.1, 0.15) is 0 Å². The zero-order chi connectivity index (χ0) is 10.2. The van der Waals surface area contributed by atoms with Crippen LogP contribution in [0.4, 0.5) is 0 Å². The minimum Gasteiger partial charge on any atom is -0.396 e. The number of aromatic nitrogens is 1. The monoisotopic (exact) mass is 193 g/mol. The van der Waals surface area contributed by atoms with Crippen molar-refractivity contribution in [2.24, 2.45) is 0 Å². The highest BCUT2D eigenvalue weighted by Gasteiger charge is 2.04. The molecule has 0 aromatic carbocycles.